The van der Waals surface area contributed by atoms with Crippen LogP contribution in [0.2, 0.25) is 0 Å². The molecule has 10 aliphatic rings. The first-order chi connectivity index (χ1) is 47.4. The second-order valence-corrected chi connectivity index (χ2v) is 26.8. The van der Waals surface area contributed by atoms with Crippen molar-refractivity contribution in [3.8, 4) is 69.6 Å². The summed E-state index contributed by atoms with van der Waals surface area (Å²) >= 11 is 0. The molecule has 0 spiro atoms. The van der Waals surface area contributed by atoms with Crippen molar-refractivity contribution < 1.29 is 71.7 Å². The third-order valence-corrected chi connectivity index (χ3v) is 21.9. The van der Waals surface area contributed by atoms with Crippen LogP contribution < -0.4 is 42.6 Å². The number of likely N-dealkylation sites (N-methyl/N-ethyl adjacent to an activating group) is 2. The second-order valence-electron chi connectivity index (χ2n) is 26.8. The molecule has 0 unspecified atom stereocenters. The molecule has 0 radical (unpaired) electrons. The Bertz CT molecular complexity index is 4470. The molecule has 10 heterocycles. The van der Waals surface area contributed by atoms with E-state index in [0.717, 1.165) is 66.8 Å². The number of nitriles is 2. The zero-order valence-corrected chi connectivity index (χ0v) is 56.4. The van der Waals surface area contributed by atoms with Crippen LogP contribution >= 0.6 is 0 Å². The number of aromatic hydroxyl groups is 1. The fourth-order valence-electron chi connectivity index (χ4n) is 18.1. The van der Waals surface area contributed by atoms with E-state index in [-0.39, 0.29) is 99.8 Å². The molecule has 16 rings (SSSR count). The summed E-state index contributed by atoms with van der Waals surface area (Å²) in [5.74, 6) is 3.72. The summed E-state index contributed by atoms with van der Waals surface area (Å²) < 4.78 is 60.0. The van der Waals surface area contributed by atoms with Crippen molar-refractivity contribution in [1.29, 1.82) is 10.5 Å². The molecule has 98 heavy (non-hydrogen) atoms. The van der Waals surface area contributed by atoms with Gasteiger partial charge in [-0.1, -0.05) is 55.1 Å². The second kappa shape index (κ2) is 24.6. The van der Waals surface area contributed by atoms with Gasteiger partial charge in [0.25, 0.3) is 17.7 Å². The van der Waals surface area contributed by atoms with Crippen LogP contribution in [0.1, 0.15) is 134 Å². The van der Waals surface area contributed by atoms with Gasteiger partial charge in [-0.2, -0.15) is 10.5 Å². The Kier molecular flexibility index (Phi) is 16.1. The van der Waals surface area contributed by atoms with E-state index in [4.69, 9.17) is 47.4 Å². The van der Waals surface area contributed by atoms with Crippen molar-refractivity contribution in [2.45, 2.75) is 127 Å². The van der Waals surface area contributed by atoms with Crippen LogP contribution in [0.4, 0.5) is 0 Å². The molecule has 6 aromatic rings. The summed E-state index contributed by atoms with van der Waals surface area (Å²) in [4.78, 5) is 66.3. The van der Waals surface area contributed by atoms with Crippen LogP contribution in [0.3, 0.4) is 0 Å². The average Bonchev–Trinajstić information content (AvgIpc) is 1.16. The van der Waals surface area contributed by atoms with Crippen molar-refractivity contribution >= 4 is 23.7 Å². The molecule has 506 valence electrons. The number of rotatable bonds is 13. The number of nitrogens with zero attached hydrogens (tertiary/aromatic N) is 8. The van der Waals surface area contributed by atoms with Crippen molar-refractivity contribution in [3.05, 3.63) is 162 Å². The SMILES string of the molecule is C=CCOc1c(C)c2c(c3c1C[C@H]1[C@H]4c5c(cc(C)c(OC)c5OCOC)C[C@@H]([C@H](C#N)N1[C@H]3CN1C(=O)c3ccccc3C1=O)N4C)OCO2.COc1c(C)cc2c(c1O)[C@@H]1[C@@H]3Cc4c(OC(C)=O)c(C)c5c(c4[C@H](CN4Cc6ccccc6C4=O)N3[C@@H](C#N)[C@H](C2)N1C)OCO5. The van der Waals surface area contributed by atoms with E-state index in [1.807, 2.05) is 63.9 Å². The van der Waals surface area contributed by atoms with Crippen LogP contribution in [0.25, 0.3) is 0 Å². The van der Waals surface area contributed by atoms with Crippen LogP contribution in [-0.2, 0) is 41.8 Å². The molecule has 0 aliphatic carbocycles. The number of fused-ring (bicyclic) bond motifs is 20. The van der Waals surface area contributed by atoms with Crippen molar-refractivity contribution in [2.24, 2.45) is 0 Å². The lowest BCUT2D eigenvalue weighted by Crippen LogP contribution is -2.69. The average molecular weight is 1330 g/mol. The topological polar surface area (TPSA) is 248 Å². The molecule has 0 aromatic heterocycles. The molecule has 3 amide bonds. The Morgan fingerprint density at radius 2 is 1.12 bits per heavy atom. The van der Waals surface area contributed by atoms with Crippen LogP contribution in [-0.4, -0.2) is 170 Å². The Labute approximate surface area is 567 Å². The highest BCUT2D eigenvalue weighted by molar-refractivity contribution is 6.21. The smallest absolute Gasteiger partial charge is 0.308 e. The Morgan fingerprint density at radius 1 is 0.612 bits per heavy atom. The maximum Gasteiger partial charge on any atom is 0.308 e. The lowest BCUT2D eigenvalue weighted by atomic mass is 9.71. The monoisotopic (exact) mass is 1330 g/mol. The maximum absolute atomic E-state index is 13.9. The highest BCUT2D eigenvalue weighted by Crippen LogP contribution is 2.62. The minimum atomic E-state index is -0.635. The van der Waals surface area contributed by atoms with Gasteiger partial charge < -0.3 is 57.4 Å². The first-order valence-electron chi connectivity index (χ1n) is 33.0. The zero-order valence-electron chi connectivity index (χ0n) is 56.4. The Hall–Kier alpha value is -9.88. The van der Waals surface area contributed by atoms with Gasteiger partial charge in [-0.25, -0.2) is 0 Å². The molecule has 10 aliphatic heterocycles. The van der Waals surface area contributed by atoms with Gasteiger partial charge in [-0.3, -0.25) is 43.7 Å². The zero-order chi connectivity index (χ0) is 68.6. The third-order valence-electron chi connectivity index (χ3n) is 21.9. The summed E-state index contributed by atoms with van der Waals surface area (Å²) in [6.45, 7) is 13.9. The normalized spacial score (nSPS) is 24.8. The minimum Gasteiger partial charge on any atom is -0.504 e. The van der Waals surface area contributed by atoms with E-state index >= 15 is 0 Å². The number of carbonyl (C=O) groups is 4. The predicted octanol–water partition coefficient (Wildman–Crippen LogP) is 8.75. The Balaban J connectivity index is 0.000000161. The standard InChI is InChI=1S/C39H40N4O8.C36H36N4O7/c1-7-12-48-34-21(3)35-37(51-19-50-35)31-25(34)15-27-32-30-22(13-20(2)33(47-6)36(30)49-18-46-5)14-26(41(32)4)28(16-40)43(27)29(31)17-42-38(44)23-10-8-9-11-24(23)39(42)45;1-17-10-21-11-24-26(13-37)40-25(30(38(24)4)28(21)31(42)32(17)44-5)12-23-29(35-34(45-16-46-35)18(2)33(23)47-19(3)41)27(40)15-39-14-20-8-6-7-9-22(20)36(39)43/h7-11,13,26-29,32H,1,12,14-15,17-19H2,2-6H3;6-10,24-27,30,42H,11-12,14-16H2,1-5H3/t26-,27-,28-,29-,32-;24-,25-,26-,27-,30-/m00/s1. The van der Waals surface area contributed by atoms with Gasteiger partial charge in [0.2, 0.25) is 13.6 Å². The number of hydrogen-bond donors (Lipinski definition) is 1. The van der Waals surface area contributed by atoms with Gasteiger partial charge in [0.1, 0.15) is 30.2 Å². The molecular weight excluding hydrogens is 1250 g/mol. The number of hydrogen-bond acceptors (Lipinski definition) is 21. The van der Waals surface area contributed by atoms with E-state index in [1.54, 1.807) is 51.7 Å². The summed E-state index contributed by atoms with van der Waals surface area (Å²) in [5.41, 5.74) is 12.6. The van der Waals surface area contributed by atoms with Crippen molar-refractivity contribution in [3.63, 3.8) is 0 Å². The van der Waals surface area contributed by atoms with E-state index in [1.165, 1.54) is 11.8 Å². The number of amides is 3. The van der Waals surface area contributed by atoms with Crippen LogP contribution in [0.5, 0.6) is 57.5 Å². The number of phenols is 1. The molecule has 4 bridgehead atoms. The van der Waals surface area contributed by atoms with Crippen molar-refractivity contribution in [2.75, 3.05) is 75.5 Å². The van der Waals surface area contributed by atoms with Gasteiger partial charge in [0.15, 0.2) is 52.8 Å². The molecule has 10 atom stereocenters. The first kappa shape index (κ1) is 64.1. The number of phenolic OH excluding ortho intramolecular Hbond substituents is 1. The predicted molar refractivity (Wildman–Crippen MR) is 353 cm³/mol. The van der Waals surface area contributed by atoms with E-state index < -0.39 is 30.1 Å². The lowest BCUT2D eigenvalue weighted by molar-refractivity contribution is -0.132. The summed E-state index contributed by atoms with van der Waals surface area (Å²) in [6.07, 6.45) is 3.69. The van der Waals surface area contributed by atoms with Gasteiger partial charge in [-0.15, -0.1) is 0 Å². The van der Waals surface area contributed by atoms with Crippen molar-refractivity contribution in [1.82, 2.24) is 29.4 Å². The number of benzene rings is 6. The largest absolute Gasteiger partial charge is 0.504 e. The number of piperazine rings is 2. The van der Waals surface area contributed by atoms with Gasteiger partial charge in [0.05, 0.1) is 61.7 Å². The molecule has 23 nitrogen and oxygen atoms in total. The third kappa shape index (κ3) is 9.51. The van der Waals surface area contributed by atoms with Gasteiger partial charge in [-0.05, 0) is 113 Å². The number of ether oxygens (including phenoxy) is 10. The number of aryl methyl sites for hydroxylation is 2. The van der Waals surface area contributed by atoms with Crippen LogP contribution in [0.15, 0.2) is 73.3 Å². The highest BCUT2D eigenvalue weighted by Gasteiger charge is 2.60. The number of esters is 1. The van der Waals surface area contributed by atoms with E-state index in [2.05, 4.69) is 57.5 Å². The highest BCUT2D eigenvalue weighted by atomic mass is 16.7. The van der Waals surface area contributed by atoms with Crippen LogP contribution in [0, 0.1) is 50.4 Å². The number of carbonyl (C=O) groups excluding carboxylic acids is 4. The summed E-state index contributed by atoms with van der Waals surface area (Å²) in [5, 5.41) is 33.7. The molecular formula is C75H76N8O15. The lowest BCUT2D eigenvalue weighted by Gasteiger charge is -2.60. The number of imide groups is 1. The molecule has 2 saturated heterocycles. The summed E-state index contributed by atoms with van der Waals surface area (Å²) in [6, 6.07) is 20.0. The minimum absolute atomic E-state index is 0.00590. The van der Waals surface area contributed by atoms with E-state index in [0.29, 0.717) is 106 Å². The first-order valence-corrected chi connectivity index (χ1v) is 33.0. The molecule has 1 N–H and O–H groups in total. The van der Waals surface area contributed by atoms with Gasteiger partial charge in [0, 0.05) is 108 Å². The maximum atomic E-state index is 13.9. The quantitative estimate of drug-likeness (QED) is 0.0373. The molecule has 23 heteroatoms. The Morgan fingerprint density at radius 3 is 1.66 bits per heavy atom. The fourth-order valence-corrected chi connectivity index (χ4v) is 18.1. The molecule has 2 fully saturated rings. The molecule has 6 aromatic carbocycles. The fraction of sp³-hybridized carbons (Fsp3) is 0.413. The number of methoxy groups -OCH3 is 3. The summed E-state index contributed by atoms with van der Waals surface area (Å²) in [7, 11) is 8.83. The van der Waals surface area contributed by atoms with E-state index in [9.17, 15) is 34.8 Å². The molecule has 0 saturated carbocycles. The van der Waals surface area contributed by atoms with Gasteiger partial charge >= 0.3 is 5.97 Å².